The molecule has 4 aliphatic rings. The fourth-order valence-electron chi connectivity index (χ4n) is 4.95. The van der Waals surface area contributed by atoms with E-state index in [2.05, 4.69) is 15.9 Å². The quantitative estimate of drug-likeness (QED) is 0.608. The van der Waals surface area contributed by atoms with E-state index < -0.39 is 0 Å². The number of fused-ring (bicyclic) bond motifs is 2. The van der Waals surface area contributed by atoms with Gasteiger partial charge in [-0.25, -0.2) is 0 Å². The molecule has 3 saturated heterocycles. The zero-order valence-electron chi connectivity index (χ0n) is 11.3. The van der Waals surface area contributed by atoms with Crippen LogP contribution in [0.4, 0.5) is 0 Å². The van der Waals surface area contributed by atoms with Crippen LogP contribution in [0, 0.1) is 11.8 Å². The van der Waals surface area contributed by atoms with E-state index in [1.165, 1.54) is 38.8 Å². The molecule has 3 nitrogen and oxygen atoms in total. The molecule has 0 bridgehead atoms. The summed E-state index contributed by atoms with van der Waals surface area (Å²) in [6, 6.07) is 1.29. The van der Waals surface area contributed by atoms with Crippen molar-refractivity contribution in [2.45, 2.75) is 44.2 Å². The maximum absolute atomic E-state index is 12.1. The Morgan fingerprint density at radius 3 is 2.79 bits per heavy atom. The maximum atomic E-state index is 12.1. The molecule has 19 heavy (non-hydrogen) atoms. The van der Waals surface area contributed by atoms with Crippen LogP contribution in [0.2, 0.25) is 0 Å². The van der Waals surface area contributed by atoms with E-state index in [0.717, 1.165) is 30.8 Å². The van der Waals surface area contributed by atoms with E-state index in [0.29, 0.717) is 6.04 Å². The van der Waals surface area contributed by atoms with Gasteiger partial charge in [-0.1, -0.05) is 6.08 Å². The first kappa shape index (κ1) is 13.9. The summed E-state index contributed by atoms with van der Waals surface area (Å²) in [6.07, 6.45) is 10.3. The fourth-order valence-corrected chi connectivity index (χ4v) is 4.95. The smallest absolute Gasteiger partial charge is 0.246 e. The molecule has 1 amide bonds. The van der Waals surface area contributed by atoms with Crippen LogP contribution in [0.3, 0.4) is 0 Å². The maximum Gasteiger partial charge on any atom is 0.246 e. The molecule has 0 radical (unpaired) electrons. The van der Waals surface area contributed by atoms with E-state index in [-0.39, 0.29) is 29.9 Å². The Labute approximate surface area is 132 Å². The molecule has 0 aliphatic carbocycles. The van der Waals surface area contributed by atoms with Gasteiger partial charge in [-0.05, 0) is 63.1 Å². The van der Waals surface area contributed by atoms with E-state index in [4.69, 9.17) is 0 Å². The van der Waals surface area contributed by atoms with Gasteiger partial charge in [-0.15, -0.1) is 24.0 Å². The Hall–Kier alpha value is -0.100. The standard InChI is InChI=1S/C15H22N2O.HI/c18-14-7-1-6-13-12-5-3-9-16-8-2-4-11(15(12)16)10-17(13)14;/h1,7,11-13,15H,2-6,8-10H2;1H/t11-,12+,13+,15-;/m1./s1. The normalized spacial score (nSPS) is 41.3. The zero-order valence-corrected chi connectivity index (χ0v) is 13.7. The first-order valence-electron chi connectivity index (χ1n) is 7.56. The number of hydrogen-bond acceptors (Lipinski definition) is 2. The Kier molecular flexibility index (Phi) is 3.91. The van der Waals surface area contributed by atoms with Crippen molar-refractivity contribution in [2.75, 3.05) is 19.6 Å². The minimum Gasteiger partial charge on any atom is -0.335 e. The molecular weight excluding hydrogens is 351 g/mol. The number of halogens is 1. The molecular formula is C15H23IN2O. The lowest BCUT2D eigenvalue weighted by molar-refractivity contribution is -0.141. The Morgan fingerprint density at radius 1 is 1.16 bits per heavy atom. The summed E-state index contributed by atoms with van der Waals surface area (Å²) < 4.78 is 0. The molecule has 0 aromatic heterocycles. The van der Waals surface area contributed by atoms with Gasteiger partial charge < -0.3 is 4.90 Å². The lowest BCUT2D eigenvalue weighted by Crippen LogP contribution is -2.65. The third kappa shape index (κ3) is 2.15. The molecule has 0 unspecified atom stereocenters. The number of carbonyl (C=O) groups excluding carboxylic acids is 1. The van der Waals surface area contributed by atoms with Gasteiger partial charge in [0.25, 0.3) is 0 Å². The highest BCUT2D eigenvalue weighted by molar-refractivity contribution is 14.0. The molecule has 106 valence electrons. The van der Waals surface area contributed by atoms with Crippen molar-refractivity contribution in [1.82, 2.24) is 9.80 Å². The average molecular weight is 374 g/mol. The molecule has 4 atom stereocenters. The van der Waals surface area contributed by atoms with Crippen molar-refractivity contribution in [3.05, 3.63) is 12.2 Å². The highest BCUT2D eigenvalue weighted by Gasteiger charge is 2.49. The third-order valence-corrected chi connectivity index (χ3v) is 5.59. The molecule has 0 aromatic carbocycles. The van der Waals surface area contributed by atoms with Crippen LogP contribution in [0.15, 0.2) is 12.2 Å². The van der Waals surface area contributed by atoms with Crippen molar-refractivity contribution in [1.29, 1.82) is 0 Å². The van der Waals surface area contributed by atoms with Gasteiger partial charge in [-0.2, -0.15) is 0 Å². The molecule has 4 heterocycles. The van der Waals surface area contributed by atoms with E-state index >= 15 is 0 Å². The number of carbonyl (C=O) groups is 1. The third-order valence-electron chi connectivity index (χ3n) is 5.59. The second-order valence-corrected chi connectivity index (χ2v) is 6.43. The van der Waals surface area contributed by atoms with Crippen LogP contribution >= 0.6 is 24.0 Å². The van der Waals surface area contributed by atoms with Crippen LogP contribution < -0.4 is 0 Å². The lowest BCUT2D eigenvalue weighted by atomic mass is 9.68. The summed E-state index contributed by atoms with van der Waals surface area (Å²) in [5, 5.41) is 0. The molecule has 0 spiro atoms. The lowest BCUT2D eigenvalue weighted by Gasteiger charge is -2.57. The van der Waals surface area contributed by atoms with Crippen molar-refractivity contribution in [3.8, 4) is 0 Å². The summed E-state index contributed by atoms with van der Waals surface area (Å²) in [4.78, 5) is 17.0. The summed E-state index contributed by atoms with van der Waals surface area (Å²) >= 11 is 0. The summed E-state index contributed by atoms with van der Waals surface area (Å²) in [6.45, 7) is 3.62. The Morgan fingerprint density at radius 2 is 1.95 bits per heavy atom. The van der Waals surface area contributed by atoms with E-state index in [9.17, 15) is 4.79 Å². The van der Waals surface area contributed by atoms with Crippen LogP contribution in [-0.2, 0) is 4.79 Å². The SMILES string of the molecule is I.O=C1C=CC[C@H]2[C@@H]3CCCN4CCC[C@H](CN12)[C@H]34. The highest BCUT2D eigenvalue weighted by atomic mass is 127. The number of piperidine rings is 3. The second kappa shape index (κ2) is 5.35. The van der Waals surface area contributed by atoms with E-state index in [1.54, 1.807) is 6.08 Å². The monoisotopic (exact) mass is 374 g/mol. The predicted molar refractivity (Wildman–Crippen MR) is 85.5 cm³/mol. The van der Waals surface area contributed by atoms with Gasteiger partial charge in [0.2, 0.25) is 5.91 Å². The minimum atomic E-state index is 0. The Bertz CT molecular complexity index is 396. The van der Waals surface area contributed by atoms with Gasteiger partial charge in [0, 0.05) is 18.6 Å². The number of nitrogens with zero attached hydrogens (tertiary/aromatic N) is 2. The Balaban J connectivity index is 0.00000110. The number of hydrogen-bond donors (Lipinski definition) is 0. The summed E-state index contributed by atoms with van der Waals surface area (Å²) in [5.74, 6) is 1.76. The van der Waals surface area contributed by atoms with Gasteiger partial charge in [0.05, 0.1) is 0 Å². The largest absolute Gasteiger partial charge is 0.335 e. The zero-order chi connectivity index (χ0) is 12.1. The van der Waals surface area contributed by atoms with Gasteiger partial charge >= 0.3 is 0 Å². The van der Waals surface area contributed by atoms with Gasteiger partial charge in [0.1, 0.15) is 0 Å². The van der Waals surface area contributed by atoms with Crippen LogP contribution in [0.1, 0.15) is 32.1 Å². The predicted octanol–water partition coefficient (Wildman–Crippen LogP) is 2.27. The number of amides is 1. The van der Waals surface area contributed by atoms with Crippen molar-refractivity contribution in [2.24, 2.45) is 11.8 Å². The molecule has 4 heteroatoms. The number of rotatable bonds is 0. The van der Waals surface area contributed by atoms with Crippen LogP contribution in [-0.4, -0.2) is 47.4 Å². The highest BCUT2D eigenvalue weighted by Crippen LogP contribution is 2.43. The molecule has 4 aliphatic heterocycles. The molecule has 0 aromatic rings. The second-order valence-electron chi connectivity index (χ2n) is 6.43. The van der Waals surface area contributed by atoms with Crippen molar-refractivity contribution < 1.29 is 4.79 Å². The fraction of sp³-hybridized carbons (Fsp3) is 0.800. The van der Waals surface area contributed by atoms with Gasteiger partial charge in [0.15, 0.2) is 0 Å². The summed E-state index contributed by atoms with van der Waals surface area (Å²) in [7, 11) is 0. The van der Waals surface area contributed by atoms with Crippen LogP contribution in [0.5, 0.6) is 0 Å². The molecule has 4 rings (SSSR count). The van der Waals surface area contributed by atoms with Crippen molar-refractivity contribution >= 4 is 29.9 Å². The van der Waals surface area contributed by atoms with Crippen molar-refractivity contribution in [3.63, 3.8) is 0 Å². The van der Waals surface area contributed by atoms with Crippen LogP contribution in [0.25, 0.3) is 0 Å². The molecule has 0 N–H and O–H groups in total. The topological polar surface area (TPSA) is 23.6 Å². The van der Waals surface area contributed by atoms with Gasteiger partial charge in [-0.3, -0.25) is 9.69 Å². The minimum absolute atomic E-state index is 0. The summed E-state index contributed by atoms with van der Waals surface area (Å²) in [5.41, 5.74) is 0. The first-order valence-corrected chi connectivity index (χ1v) is 7.56. The molecule has 3 fully saturated rings. The average Bonchev–Trinajstić information content (AvgIpc) is 2.41. The van der Waals surface area contributed by atoms with E-state index in [1.807, 2.05) is 0 Å². The first-order chi connectivity index (χ1) is 8.84. The molecule has 0 saturated carbocycles.